The number of thiazole rings is 1. The molecule has 0 fully saturated rings. The number of esters is 2. The summed E-state index contributed by atoms with van der Waals surface area (Å²) in [4.78, 5) is 45.3. The molecule has 1 aromatic heterocycles. The van der Waals surface area contributed by atoms with Gasteiger partial charge in [0, 0.05) is 17.4 Å². The Hall–Kier alpha value is -4.21. The normalized spacial score (nSPS) is 14.9. The molecule has 202 valence electrons. The lowest BCUT2D eigenvalue weighted by atomic mass is 9.93. The second-order valence-corrected chi connectivity index (χ2v) is 10.8. The molecule has 1 aliphatic rings. The van der Waals surface area contributed by atoms with Gasteiger partial charge in [-0.05, 0) is 54.6 Å². The second-order valence-electron chi connectivity index (χ2n) is 8.87. The first-order valence-electron chi connectivity index (χ1n) is 12.6. The molecule has 4 aromatic rings. The Labute approximate surface area is 239 Å². The van der Waals surface area contributed by atoms with Crippen molar-refractivity contribution >= 4 is 46.8 Å². The Kier molecular flexibility index (Phi) is 8.14. The van der Waals surface area contributed by atoms with Gasteiger partial charge in [-0.1, -0.05) is 65.9 Å². The maximum atomic E-state index is 14.0. The van der Waals surface area contributed by atoms with Gasteiger partial charge in [-0.15, -0.1) is 11.8 Å². The molecular weight excluding hydrogens is 544 g/mol. The van der Waals surface area contributed by atoms with Crippen LogP contribution in [-0.4, -0.2) is 29.4 Å². The van der Waals surface area contributed by atoms with Crippen molar-refractivity contribution in [2.75, 3.05) is 12.9 Å². The number of ether oxygens (including phenoxy) is 2. The highest BCUT2D eigenvalue weighted by Crippen LogP contribution is 2.35. The van der Waals surface area contributed by atoms with E-state index in [1.54, 1.807) is 47.5 Å². The molecule has 0 aliphatic carbocycles. The van der Waals surface area contributed by atoms with Crippen molar-refractivity contribution in [1.29, 1.82) is 0 Å². The monoisotopic (exact) mass is 570 g/mol. The van der Waals surface area contributed by atoms with E-state index in [2.05, 4.69) is 0 Å². The van der Waals surface area contributed by atoms with E-state index in [1.165, 1.54) is 18.3 Å². The van der Waals surface area contributed by atoms with Gasteiger partial charge in [-0.3, -0.25) is 14.2 Å². The molecule has 0 saturated heterocycles. The molecular formula is C31H26N2O5S2. The molecule has 7 nitrogen and oxygen atoms in total. The maximum Gasteiger partial charge on any atom is 0.338 e. The number of carbonyl (C=O) groups excluding carboxylic acids is 2. The van der Waals surface area contributed by atoms with Crippen LogP contribution in [0.3, 0.4) is 0 Å². The summed E-state index contributed by atoms with van der Waals surface area (Å²) in [7, 11) is 0. The van der Waals surface area contributed by atoms with E-state index in [0.29, 0.717) is 31.9 Å². The van der Waals surface area contributed by atoms with E-state index in [0.717, 1.165) is 16.0 Å². The van der Waals surface area contributed by atoms with E-state index in [1.807, 2.05) is 66.9 Å². The summed E-state index contributed by atoms with van der Waals surface area (Å²) < 4.78 is 12.7. The Morgan fingerprint density at radius 3 is 2.48 bits per heavy atom. The van der Waals surface area contributed by atoms with Crippen molar-refractivity contribution in [3.8, 4) is 5.75 Å². The van der Waals surface area contributed by atoms with E-state index in [9.17, 15) is 14.4 Å². The Morgan fingerprint density at radius 2 is 1.80 bits per heavy atom. The predicted octanol–water partition coefficient (Wildman–Crippen LogP) is 4.58. The first-order chi connectivity index (χ1) is 19.4. The summed E-state index contributed by atoms with van der Waals surface area (Å²) in [5, 5.41) is 0. The smallest absolute Gasteiger partial charge is 0.338 e. The Bertz CT molecular complexity index is 1790. The number of hydrogen-bond donors (Lipinski definition) is 0. The van der Waals surface area contributed by atoms with Crippen LogP contribution in [0.25, 0.3) is 11.8 Å². The molecule has 0 amide bonds. The molecule has 0 bridgehead atoms. The zero-order valence-electron chi connectivity index (χ0n) is 22.1. The molecule has 1 aliphatic heterocycles. The van der Waals surface area contributed by atoms with Crippen LogP contribution in [0, 0.1) is 0 Å². The van der Waals surface area contributed by atoms with Crippen LogP contribution in [0.1, 0.15) is 36.6 Å². The van der Waals surface area contributed by atoms with E-state index in [-0.39, 0.29) is 12.2 Å². The van der Waals surface area contributed by atoms with Crippen molar-refractivity contribution < 1.29 is 19.1 Å². The molecule has 2 heterocycles. The molecule has 40 heavy (non-hydrogen) atoms. The van der Waals surface area contributed by atoms with E-state index < -0.39 is 18.0 Å². The molecule has 0 N–H and O–H groups in total. The Balaban J connectivity index is 1.77. The fourth-order valence-electron chi connectivity index (χ4n) is 4.53. The Morgan fingerprint density at radius 1 is 1.05 bits per heavy atom. The van der Waals surface area contributed by atoms with E-state index in [4.69, 9.17) is 14.5 Å². The first-order valence-corrected chi connectivity index (χ1v) is 14.6. The van der Waals surface area contributed by atoms with Crippen molar-refractivity contribution in [2.24, 2.45) is 4.99 Å². The molecule has 1 atom stereocenters. The zero-order valence-corrected chi connectivity index (χ0v) is 23.8. The molecule has 0 saturated carbocycles. The highest BCUT2D eigenvalue weighted by Gasteiger charge is 2.35. The lowest BCUT2D eigenvalue weighted by Gasteiger charge is -2.26. The van der Waals surface area contributed by atoms with Crippen molar-refractivity contribution in [3.05, 3.63) is 121 Å². The van der Waals surface area contributed by atoms with Crippen LogP contribution in [0.2, 0.25) is 0 Å². The topological polar surface area (TPSA) is 87.0 Å². The molecule has 0 unspecified atom stereocenters. The third-order valence-electron chi connectivity index (χ3n) is 6.22. The third kappa shape index (κ3) is 5.57. The van der Waals surface area contributed by atoms with Gasteiger partial charge in [0.2, 0.25) is 0 Å². The standard InChI is InChI=1S/C31H26N2O5S2/c1-4-37-30(36)26-27(21-10-6-5-7-11-21)32-31-33(28(26)22-13-15-24(39-3)16-14-22)29(35)25(40-31)18-20-9-8-12-23(17-20)38-19(2)34/h5-18,28H,4H2,1-3H3/b25-18-/t28-/m1/s1. The quantitative estimate of drug-likeness (QED) is 0.184. The number of aromatic nitrogens is 1. The first kappa shape index (κ1) is 27.4. The number of fused-ring (bicyclic) bond motifs is 1. The van der Waals surface area contributed by atoms with Crippen LogP contribution >= 0.6 is 23.1 Å². The lowest BCUT2D eigenvalue weighted by molar-refractivity contribution is -0.139. The van der Waals surface area contributed by atoms with Gasteiger partial charge in [0.1, 0.15) is 5.75 Å². The number of rotatable bonds is 7. The SMILES string of the molecule is CCOC(=O)C1=C(c2ccccc2)N=c2s/c(=C\c3cccc(OC(C)=O)c3)c(=O)n2[C@@H]1c1ccc(SC)cc1. The lowest BCUT2D eigenvalue weighted by Crippen LogP contribution is -2.40. The summed E-state index contributed by atoms with van der Waals surface area (Å²) >= 11 is 2.85. The van der Waals surface area contributed by atoms with Crippen LogP contribution in [0.15, 0.2) is 99.1 Å². The minimum absolute atomic E-state index is 0.186. The maximum absolute atomic E-state index is 14.0. The van der Waals surface area contributed by atoms with Crippen molar-refractivity contribution in [1.82, 2.24) is 4.57 Å². The number of thioether (sulfide) groups is 1. The summed E-state index contributed by atoms with van der Waals surface area (Å²) in [5.41, 5.74) is 2.72. The summed E-state index contributed by atoms with van der Waals surface area (Å²) in [6.45, 7) is 3.27. The number of nitrogens with zero attached hydrogens (tertiary/aromatic N) is 2. The molecule has 0 radical (unpaired) electrons. The van der Waals surface area contributed by atoms with Gasteiger partial charge < -0.3 is 9.47 Å². The minimum atomic E-state index is -0.740. The highest BCUT2D eigenvalue weighted by atomic mass is 32.2. The summed E-state index contributed by atoms with van der Waals surface area (Å²) in [5.74, 6) is -0.562. The van der Waals surface area contributed by atoms with Crippen molar-refractivity contribution in [2.45, 2.75) is 24.8 Å². The molecule has 5 rings (SSSR count). The molecule has 0 spiro atoms. The van der Waals surface area contributed by atoms with Crippen LogP contribution in [0.4, 0.5) is 0 Å². The van der Waals surface area contributed by atoms with Crippen LogP contribution in [0.5, 0.6) is 5.75 Å². The molecule has 9 heteroatoms. The van der Waals surface area contributed by atoms with Gasteiger partial charge in [0.05, 0.1) is 28.5 Å². The summed E-state index contributed by atoms with van der Waals surface area (Å²) in [6.07, 6.45) is 3.73. The molecule has 3 aromatic carbocycles. The fraction of sp³-hybridized carbons (Fsp3) is 0.161. The largest absolute Gasteiger partial charge is 0.463 e. The van der Waals surface area contributed by atoms with Crippen LogP contribution < -0.4 is 19.6 Å². The minimum Gasteiger partial charge on any atom is -0.463 e. The predicted molar refractivity (Wildman–Crippen MR) is 157 cm³/mol. The van der Waals surface area contributed by atoms with Gasteiger partial charge >= 0.3 is 11.9 Å². The average Bonchev–Trinajstić information content (AvgIpc) is 3.27. The number of benzene rings is 3. The zero-order chi connectivity index (χ0) is 28.2. The fourth-order valence-corrected chi connectivity index (χ4v) is 5.94. The van der Waals surface area contributed by atoms with Gasteiger partial charge in [0.25, 0.3) is 5.56 Å². The van der Waals surface area contributed by atoms with Crippen LogP contribution in [-0.2, 0) is 14.3 Å². The number of hydrogen-bond acceptors (Lipinski definition) is 8. The van der Waals surface area contributed by atoms with Gasteiger partial charge in [-0.2, -0.15) is 0 Å². The van der Waals surface area contributed by atoms with E-state index >= 15 is 0 Å². The average molecular weight is 571 g/mol. The second kappa shape index (κ2) is 11.9. The third-order valence-corrected chi connectivity index (χ3v) is 7.95. The number of carbonyl (C=O) groups is 2. The van der Waals surface area contributed by atoms with Gasteiger partial charge in [-0.25, -0.2) is 9.79 Å². The summed E-state index contributed by atoms with van der Waals surface area (Å²) in [6, 6.07) is 23.5. The van der Waals surface area contributed by atoms with Gasteiger partial charge in [0.15, 0.2) is 4.80 Å². The highest BCUT2D eigenvalue weighted by molar-refractivity contribution is 7.98. The van der Waals surface area contributed by atoms with Crippen molar-refractivity contribution in [3.63, 3.8) is 0 Å².